The van der Waals surface area contributed by atoms with E-state index >= 15 is 0 Å². The van der Waals surface area contributed by atoms with Crippen molar-refractivity contribution in [3.05, 3.63) is 36.8 Å². The third-order valence-corrected chi connectivity index (χ3v) is 4.74. The number of aryl methyl sites for hydroxylation is 2. The van der Waals surface area contributed by atoms with E-state index in [9.17, 15) is 9.90 Å². The molecule has 1 unspecified atom stereocenters. The zero-order valence-corrected chi connectivity index (χ0v) is 15.1. The van der Waals surface area contributed by atoms with Crippen molar-refractivity contribution in [1.82, 2.24) is 24.8 Å². The van der Waals surface area contributed by atoms with Gasteiger partial charge in [0.05, 0.1) is 11.8 Å². The fourth-order valence-corrected chi connectivity index (χ4v) is 3.34. The number of rotatable bonds is 7. The summed E-state index contributed by atoms with van der Waals surface area (Å²) in [5.74, 6) is 1.67. The number of hydrogen-bond donors (Lipinski definition) is 2. The molecule has 3 heterocycles. The Kier molecular flexibility index (Phi) is 5.82. The molecule has 1 fully saturated rings. The SMILES string of the molecule is CCc1nccn1CCC(=O)NCC1(O)CCCN(c2cnccn2)C1. The molecule has 8 heteroatoms. The van der Waals surface area contributed by atoms with Crippen LogP contribution in [-0.4, -0.2) is 55.8 Å². The van der Waals surface area contributed by atoms with Crippen LogP contribution in [0.4, 0.5) is 5.82 Å². The van der Waals surface area contributed by atoms with Crippen LogP contribution in [0.25, 0.3) is 0 Å². The highest BCUT2D eigenvalue weighted by Crippen LogP contribution is 2.23. The Morgan fingerprint density at radius 1 is 1.35 bits per heavy atom. The van der Waals surface area contributed by atoms with Gasteiger partial charge in [-0.1, -0.05) is 6.92 Å². The van der Waals surface area contributed by atoms with Crippen molar-refractivity contribution in [2.24, 2.45) is 0 Å². The quantitative estimate of drug-likeness (QED) is 0.759. The van der Waals surface area contributed by atoms with Crippen LogP contribution in [0, 0.1) is 0 Å². The van der Waals surface area contributed by atoms with Gasteiger partial charge in [0.2, 0.25) is 5.91 Å². The Morgan fingerprint density at radius 3 is 3.00 bits per heavy atom. The largest absolute Gasteiger partial charge is 0.386 e. The van der Waals surface area contributed by atoms with Crippen molar-refractivity contribution in [1.29, 1.82) is 0 Å². The van der Waals surface area contributed by atoms with Gasteiger partial charge >= 0.3 is 0 Å². The number of carbonyl (C=O) groups excluding carboxylic acids is 1. The van der Waals surface area contributed by atoms with Crippen LogP contribution in [0.3, 0.4) is 0 Å². The average Bonchev–Trinajstić information content (AvgIpc) is 3.13. The first-order chi connectivity index (χ1) is 12.6. The summed E-state index contributed by atoms with van der Waals surface area (Å²) in [6.07, 6.45) is 11.3. The fourth-order valence-electron chi connectivity index (χ4n) is 3.34. The van der Waals surface area contributed by atoms with E-state index < -0.39 is 5.60 Å². The van der Waals surface area contributed by atoms with E-state index in [0.29, 0.717) is 25.9 Å². The van der Waals surface area contributed by atoms with Crippen molar-refractivity contribution < 1.29 is 9.90 Å². The first-order valence-corrected chi connectivity index (χ1v) is 9.10. The number of nitrogens with one attached hydrogen (secondary N) is 1. The van der Waals surface area contributed by atoms with Crippen molar-refractivity contribution in [3.63, 3.8) is 0 Å². The molecule has 2 N–H and O–H groups in total. The molecule has 1 saturated heterocycles. The van der Waals surface area contributed by atoms with Gasteiger partial charge in [0, 0.05) is 63.8 Å². The number of anilines is 1. The first-order valence-electron chi connectivity index (χ1n) is 9.10. The standard InChI is InChI=1S/C18H26N6O2/c1-2-15-21-8-11-23(15)10-4-17(25)22-13-18(26)5-3-9-24(14-18)16-12-19-6-7-20-16/h6-8,11-12,26H,2-5,9-10,13-14H2,1H3,(H,22,25). The second-order valence-electron chi connectivity index (χ2n) is 6.73. The Morgan fingerprint density at radius 2 is 2.23 bits per heavy atom. The number of hydrogen-bond acceptors (Lipinski definition) is 6. The van der Waals surface area contributed by atoms with Crippen LogP contribution in [0.1, 0.15) is 32.0 Å². The van der Waals surface area contributed by atoms with Crippen molar-refractivity contribution in [2.45, 2.75) is 44.8 Å². The lowest BCUT2D eigenvalue weighted by molar-refractivity contribution is -0.122. The molecule has 0 bridgehead atoms. The topological polar surface area (TPSA) is 96.2 Å². The van der Waals surface area contributed by atoms with Gasteiger partial charge in [-0.25, -0.2) is 9.97 Å². The molecule has 1 amide bonds. The summed E-state index contributed by atoms with van der Waals surface area (Å²) in [6.45, 7) is 4.15. The predicted molar refractivity (Wildman–Crippen MR) is 97.7 cm³/mol. The highest BCUT2D eigenvalue weighted by atomic mass is 16.3. The third-order valence-electron chi connectivity index (χ3n) is 4.74. The summed E-state index contributed by atoms with van der Waals surface area (Å²) in [4.78, 5) is 26.8. The fraction of sp³-hybridized carbons (Fsp3) is 0.556. The van der Waals surface area contributed by atoms with Crippen LogP contribution in [0.2, 0.25) is 0 Å². The molecule has 0 radical (unpaired) electrons. The number of aliphatic hydroxyl groups is 1. The van der Waals surface area contributed by atoms with Crippen molar-refractivity contribution >= 4 is 11.7 Å². The maximum absolute atomic E-state index is 12.2. The Bertz CT molecular complexity index is 719. The molecule has 2 aromatic heterocycles. The van der Waals surface area contributed by atoms with E-state index in [2.05, 4.69) is 20.3 Å². The number of β-amino-alcohol motifs (C(OH)–C–C–N with tert-alkyl or cyclic N) is 1. The molecule has 2 aromatic rings. The van der Waals surface area contributed by atoms with E-state index in [4.69, 9.17) is 0 Å². The molecular weight excluding hydrogens is 332 g/mol. The minimum Gasteiger partial charge on any atom is -0.386 e. The Balaban J connectivity index is 1.49. The van der Waals surface area contributed by atoms with E-state index in [-0.39, 0.29) is 12.5 Å². The number of nitrogens with zero attached hydrogens (tertiary/aromatic N) is 5. The molecule has 0 aromatic carbocycles. The third kappa shape index (κ3) is 4.57. The molecular formula is C18H26N6O2. The lowest BCUT2D eigenvalue weighted by Crippen LogP contribution is -2.54. The van der Waals surface area contributed by atoms with E-state index in [1.165, 1.54) is 0 Å². The van der Waals surface area contributed by atoms with Gasteiger partial charge in [0.1, 0.15) is 11.6 Å². The maximum atomic E-state index is 12.2. The lowest BCUT2D eigenvalue weighted by atomic mass is 9.92. The number of imidazole rings is 1. The summed E-state index contributed by atoms with van der Waals surface area (Å²) >= 11 is 0. The van der Waals surface area contributed by atoms with Gasteiger partial charge in [-0.15, -0.1) is 0 Å². The van der Waals surface area contributed by atoms with Crippen LogP contribution >= 0.6 is 0 Å². The van der Waals surface area contributed by atoms with Crippen LogP contribution in [-0.2, 0) is 17.8 Å². The molecule has 0 spiro atoms. The second kappa shape index (κ2) is 8.27. The molecule has 8 nitrogen and oxygen atoms in total. The van der Waals surface area contributed by atoms with Crippen molar-refractivity contribution in [2.75, 3.05) is 24.5 Å². The maximum Gasteiger partial charge on any atom is 0.221 e. The minimum atomic E-state index is -0.949. The molecule has 1 aliphatic rings. The number of piperidine rings is 1. The van der Waals surface area contributed by atoms with Crippen molar-refractivity contribution in [3.8, 4) is 0 Å². The van der Waals surface area contributed by atoms with Crippen LogP contribution in [0.15, 0.2) is 31.0 Å². The average molecular weight is 358 g/mol. The lowest BCUT2D eigenvalue weighted by Gasteiger charge is -2.39. The molecule has 26 heavy (non-hydrogen) atoms. The molecule has 3 rings (SSSR count). The normalized spacial score (nSPS) is 20.2. The molecule has 0 saturated carbocycles. The number of carbonyl (C=O) groups is 1. The smallest absolute Gasteiger partial charge is 0.221 e. The highest BCUT2D eigenvalue weighted by molar-refractivity contribution is 5.75. The second-order valence-corrected chi connectivity index (χ2v) is 6.73. The molecule has 0 aliphatic carbocycles. The highest BCUT2D eigenvalue weighted by Gasteiger charge is 2.34. The van der Waals surface area contributed by atoms with Gasteiger partial charge in [0.25, 0.3) is 0 Å². The summed E-state index contributed by atoms with van der Waals surface area (Å²) in [7, 11) is 0. The number of amides is 1. The first kappa shape index (κ1) is 18.3. The Hall–Kier alpha value is -2.48. The van der Waals surface area contributed by atoms with Gasteiger partial charge in [-0.3, -0.25) is 9.78 Å². The minimum absolute atomic E-state index is 0.0641. The van der Waals surface area contributed by atoms with Crippen LogP contribution < -0.4 is 10.2 Å². The van der Waals surface area contributed by atoms with Gasteiger partial charge in [0.15, 0.2) is 0 Å². The monoisotopic (exact) mass is 358 g/mol. The Labute approximate surface area is 153 Å². The van der Waals surface area contributed by atoms with E-state index in [1.54, 1.807) is 24.8 Å². The van der Waals surface area contributed by atoms with E-state index in [1.807, 2.05) is 22.6 Å². The predicted octanol–water partition coefficient (Wildman–Crippen LogP) is 0.773. The van der Waals surface area contributed by atoms with Gasteiger partial charge in [-0.2, -0.15) is 0 Å². The van der Waals surface area contributed by atoms with E-state index in [0.717, 1.165) is 31.0 Å². The molecule has 1 atom stereocenters. The number of aromatic nitrogens is 4. The van der Waals surface area contributed by atoms with Crippen LogP contribution in [0.5, 0.6) is 0 Å². The van der Waals surface area contributed by atoms with Gasteiger partial charge < -0.3 is 19.9 Å². The zero-order valence-electron chi connectivity index (χ0n) is 15.1. The molecule has 140 valence electrons. The summed E-state index contributed by atoms with van der Waals surface area (Å²) in [6, 6.07) is 0. The van der Waals surface area contributed by atoms with Gasteiger partial charge in [-0.05, 0) is 12.8 Å². The summed E-state index contributed by atoms with van der Waals surface area (Å²) < 4.78 is 1.99. The zero-order chi connectivity index (χ0) is 18.4. The summed E-state index contributed by atoms with van der Waals surface area (Å²) in [5, 5.41) is 13.7. The molecule has 1 aliphatic heterocycles. The summed E-state index contributed by atoms with van der Waals surface area (Å²) in [5.41, 5.74) is -0.949.